The van der Waals surface area contributed by atoms with Crippen LogP contribution in [-0.4, -0.2) is 11.4 Å². The lowest BCUT2D eigenvalue weighted by Crippen LogP contribution is -1.93. The van der Waals surface area contributed by atoms with Crippen molar-refractivity contribution in [2.75, 3.05) is 0 Å². The fourth-order valence-corrected chi connectivity index (χ4v) is 1.44. The molecule has 15 heavy (non-hydrogen) atoms. The van der Waals surface area contributed by atoms with Crippen LogP contribution in [0.4, 0.5) is 0 Å². The minimum Gasteiger partial charge on any atom is -0.507 e. The van der Waals surface area contributed by atoms with Crippen molar-refractivity contribution in [2.45, 2.75) is 12.8 Å². The van der Waals surface area contributed by atoms with Crippen molar-refractivity contribution in [1.82, 2.24) is 0 Å². The Morgan fingerprint density at radius 1 is 1.20 bits per heavy atom. The lowest BCUT2D eigenvalue weighted by atomic mass is 10.0. The molecule has 0 atom stereocenters. The van der Waals surface area contributed by atoms with Gasteiger partial charge in [-0.3, -0.25) is 4.79 Å². The molecule has 1 N–H and O–H groups in total. The standard InChI is InChI=1S/C13H13O2/c1-3-5-11-7-10(9-14)8-12(6-4-2)13(11)15/h3-4,7-8,15H,1-2,5-6H2. The second kappa shape index (κ2) is 5.15. The number of hydrogen-bond donors (Lipinski definition) is 1. The molecule has 0 spiro atoms. The average molecular weight is 201 g/mol. The molecule has 0 aromatic heterocycles. The molecule has 0 saturated carbocycles. The van der Waals surface area contributed by atoms with E-state index in [4.69, 9.17) is 0 Å². The van der Waals surface area contributed by atoms with E-state index in [1.54, 1.807) is 24.3 Å². The minimum absolute atomic E-state index is 0.216. The van der Waals surface area contributed by atoms with Gasteiger partial charge in [0.25, 0.3) is 0 Å². The Hall–Kier alpha value is -1.83. The van der Waals surface area contributed by atoms with E-state index in [9.17, 15) is 9.90 Å². The minimum atomic E-state index is 0.216. The number of hydrogen-bond acceptors (Lipinski definition) is 2. The molecule has 2 nitrogen and oxygen atoms in total. The molecule has 1 radical (unpaired) electrons. The van der Waals surface area contributed by atoms with Crippen LogP contribution in [0.2, 0.25) is 0 Å². The third-order valence-corrected chi connectivity index (χ3v) is 2.11. The third kappa shape index (κ3) is 2.56. The molecule has 0 heterocycles. The molecular weight excluding hydrogens is 188 g/mol. The molecule has 0 saturated heterocycles. The van der Waals surface area contributed by atoms with E-state index in [0.717, 1.165) is 0 Å². The van der Waals surface area contributed by atoms with Gasteiger partial charge in [-0.15, -0.1) is 13.2 Å². The molecule has 2 heteroatoms. The lowest BCUT2D eigenvalue weighted by molar-refractivity contribution is 0.464. The molecule has 1 rings (SSSR count). The van der Waals surface area contributed by atoms with Crippen LogP contribution in [0.3, 0.4) is 0 Å². The van der Waals surface area contributed by atoms with Crippen LogP contribution in [0.1, 0.15) is 16.7 Å². The van der Waals surface area contributed by atoms with E-state index in [2.05, 4.69) is 13.2 Å². The predicted molar refractivity (Wildman–Crippen MR) is 60.7 cm³/mol. The third-order valence-electron chi connectivity index (χ3n) is 2.11. The molecule has 1 aromatic carbocycles. The van der Waals surface area contributed by atoms with Gasteiger partial charge in [-0.25, -0.2) is 0 Å². The zero-order valence-electron chi connectivity index (χ0n) is 8.49. The summed E-state index contributed by atoms with van der Waals surface area (Å²) in [7, 11) is 0. The van der Waals surface area contributed by atoms with Crippen LogP contribution in [0.5, 0.6) is 5.75 Å². The van der Waals surface area contributed by atoms with Crippen molar-refractivity contribution in [3.63, 3.8) is 0 Å². The van der Waals surface area contributed by atoms with Crippen LogP contribution >= 0.6 is 0 Å². The van der Waals surface area contributed by atoms with Crippen molar-refractivity contribution >= 4 is 6.29 Å². The Morgan fingerprint density at radius 2 is 1.67 bits per heavy atom. The number of aromatic hydroxyl groups is 1. The summed E-state index contributed by atoms with van der Waals surface area (Å²) in [5, 5.41) is 9.85. The highest BCUT2D eigenvalue weighted by molar-refractivity contribution is 5.77. The molecule has 0 bridgehead atoms. The highest BCUT2D eigenvalue weighted by Gasteiger charge is 2.08. The van der Waals surface area contributed by atoms with E-state index < -0.39 is 0 Å². The first kappa shape index (κ1) is 11.2. The fourth-order valence-electron chi connectivity index (χ4n) is 1.44. The normalized spacial score (nSPS) is 9.60. The summed E-state index contributed by atoms with van der Waals surface area (Å²) in [5.74, 6) is 0.216. The number of rotatable bonds is 5. The Kier molecular flexibility index (Phi) is 3.86. The Balaban J connectivity index is 3.25. The number of allylic oxidation sites excluding steroid dienone is 2. The van der Waals surface area contributed by atoms with Crippen LogP contribution in [0, 0.1) is 0 Å². The van der Waals surface area contributed by atoms with Crippen molar-refractivity contribution in [3.8, 4) is 5.75 Å². The van der Waals surface area contributed by atoms with E-state index in [-0.39, 0.29) is 5.75 Å². The highest BCUT2D eigenvalue weighted by Crippen LogP contribution is 2.25. The number of carbonyl (C=O) groups excluding carboxylic acids is 1. The first-order valence-electron chi connectivity index (χ1n) is 4.67. The predicted octanol–water partition coefficient (Wildman–Crippen LogP) is 2.31. The van der Waals surface area contributed by atoms with Gasteiger partial charge in [0.1, 0.15) is 5.75 Å². The quantitative estimate of drug-likeness (QED) is 0.742. The van der Waals surface area contributed by atoms with Crippen LogP contribution in [-0.2, 0) is 17.6 Å². The summed E-state index contributed by atoms with van der Waals surface area (Å²) in [4.78, 5) is 10.6. The van der Waals surface area contributed by atoms with Gasteiger partial charge < -0.3 is 5.11 Å². The molecule has 0 aliphatic rings. The van der Waals surface area contributed by atoms with Gasteiger partial charge in [0.2, 0.25) is 6.29 Å². The van der Waals surface area contributed by atoms with E-state index in [0.29, 0.717) is 29.5 Å². The van der Waals surface area contributed by atoms with Crippen LogP contribution in [0.15, 0.2) is 37.4 Å². The fraction of sp³-hybridized carbons (Fsp3) is 0.154. The summed E-state index contributed by atoms with van der Waals surface area (Å²) >= 11 is 0. The molecule has 77 valence electrons. The first-order valence-corrected chi connectivity index (χ1v) is 4.67. The number of phenolic OH excluding ortho intramolecular Hbond substituents is 1. The van der Waals surface area contributed by atoms with Gasteiger partial charge in [-0.05, 0) is 36.1 Å². The molecule has 0 unspecified atom stereocenters. The molecule has 0 fully saturated rings. The summed E-state index contributed by atoms with van der Waals surface area (Å²) in [5.41, 5.74) is 1.84. The maximum absolute atomic E-state index is 10.6. The van der Waals surface area contributed by atoms with Gasteiger partial charge in [0.15, 0.2) is 0 Å². The lowest BCUT2D eigenvalue weighted by Gasteiger charge is -2.08. The second-order valence-electron chi connectivity index (χ2n) is 3.23. The maximum Gasteiger partial charge on any atom is 0.233 e. The Morgan fingerprint density at radius 3 is 2.00 bits per heavy atom. The molecule has 1 aromatic rings. The highest BCUT2D eigenvalue weighted by atomic mass is 16.3. The second-order valence-corrected chi connectivity index (χ2v) is 3.23. The van der Waals surface area contributed by atoms with Crippen molar-refractivity contribution < 1.29 is 9.90 Å². The number of phenols is 1. The molecule has 0 amide bonds. The number of benzene rings is 1. The zero-order valence-corrected chi connectivity index (χ0v) is 8.49. The maximum atomic E-state index is 10.6. The topological polar surface area (TPSA) is 37.3 Å². The Labute approximate surface area is 89.6 Å². The van der Waals surface area contributed by atoms with Gasteiger partial charge >= 0.3 is 0 Å². The summed E-state index contributed by atoms with van der Waals surface area (Å²) < 4.78 is 0. The van der Waals surface area contributed by atoms with Gasteiger partial charge in [-0.2, -0.15) is 0 Å². The monoisotopic (exact) mass is 201 g/mol. The van der Waals surface area contributed by atoms with E-state index in [1.807, 2.05) is 6.29 Å². The summed E-state index contributed by atoms with van der Waals surface area (Å²) in [6.07, 6.45) is 6.25. The van der Waals surface area contributed by atoms with Crippen LogP contribution < -0.4 is 0 Å². The molecular formula is C13H13O2. The molecule has 0 aliphatic heterocycles. The van der Waals surface area contributed by atoms with E-state index in [1.165, 1.54) is 0 Å². The van der Waals surface area contributed by atoms with Gasteiger partial charge in [0.05, 0.1) is 0 Å². The molecule has 0 aliphatic carbocycles. The van der Waals surface area contributed by atoms with Crippen LogP contribution in [0.25, 0.3) is 0 Å². The SMILES string of the molecule is C=CCc1cc([C]=O)cc(CC=C)c1O. The van der Waals surface area contributed by atoms with Crippen molar-refractivity contribution in [1.29, 1.82) is 0 Å². The van der Waals surface area contributed by atoms with Crippen molar-refractivity contribution in [3.05, 3.63) is 54.1 Å². The summed E-state index contributed by atoms with van der Waals surface area (Å²) in [6.45, 7) is 7.20. The Bertz CT molecular complexity index is 361. The van der Waals surface area contributed by atoms with E-state index >= 15 is 0 Å². The van der Waals surface area contributed by atoms with Crippen molar-refractivity contribution in [2.24, 2.45) is 0 Å². The zero-order chi connectivity index (χ0) is 11.3. The largest absolute Gasteiger partial charge is 0.507 e. The van der Waals surface area contributed by atoms with Gasteiger partial charge in [0, 0.05) is 5.56 Å². The average Bonchev–Trinajstić information content (AvgIpc) is 2.24. The van der Waals surface area contributed by atoms with Gasteiger partial charge in [-0.1, -0.05) is 12.2 Å². The summed E-state index contributed by atoms with van der Waals surface area (Å²) in [6, 6.07) is 3.24. The smallest absolute Gasteiger partial charge is 0.233 e. The first-order chi connectivity index (χ1) is 7.22.